The summed E-state index contributed by atoms with van der Waals surface area (Å²) in [6.07, 6.45) is 1.56. The van der Waals surface area contributed by atoms with Crippen LogP contribution < -0.4 is 20.7 Å². The molecule has 1 fully saturated rings. The van der Waals surface area contributed by atoms with Crippen molar-refractivity contribution >= 4 is 23.4 Å². The second-order valence-corrected chi connectivity index (χ2v) is 5.42. The molecule has 0 radical (unpaired) electrons. The number of hydrogen-bond donors (Lipinski definition) is 3. The Morgan fingerprint density at radius 2 is 2.17 bits per heavy atom. The topological polar surface area (TPSA) is 96.5 Å². The zero-order valence-corrected chi connectivity index (χ0v) is 13.3. The SMILES string of the molecule is COc1ccc(CCNC(=O)C2CCC(=O)N2)cc1NC(C)=O. The van der Waals surface area contributed by atoms with E-state index in [0.717, 1.165) is 5.56 Å². The Bertz CT molecular complexity index is 615. The molecule has 7 nitrogen and oxygen atoms in total. The van der Waals surface area contributed by atoms with Crippen molar-refractivity contribution < 1.29 is 19.1 Å². The molecule has 1 aromatic rings. The van der Waals surface area contributed by atoms with Gasteiger partial charge in [0.25, 0.3) is 0 Å². The maximum atomic E-state index is 11.9. The number of anilines is 1. The fourth-order valence-corrected chi connectivity index (χ4v) is 2.46. The summed E-state index contributed by atoms with van der Waals surface area (Å²) < 4.78 is 5.20. The van der Waals surface area contributed by atoms with Gasteiger partial charge >= 0.3 is 0 Å². The largest absolute Gasteiger partial charge is 0.495 e. The minimum atomic E-state index is -0.423. The van der Waals surface area contributed by atoms with Crippen molar-refractivity contribution in [2.24, 2.45) is 0 Å². The highest BCUT2D eigenvalue weighted by Gasteiger charge is 2.26. The van der Waals surface area contributed by atoms with Crippen molar-refractivity contribution in [2.75, 3.05) is 19.0 Å². The highest BCUT2D eigenvalue weighted by molar-refractivity contribution is 5.91. The first kappa shape index (κ1) is 16.8. The second kappa shape index (κ2) is 7.62. The van der Waals surface area contributed by atoms with Crippen LogP contribution in [0.15, 0.2) is 18.2 Å². The van der Waals surface area contributed by atoms with Gasteiger partial charge in [-0.2, -0.15) is 0 Å². The maximum Gasteiger partial charge on any atom is 0.242 e. The van der Waals surface area contributed by atoms with E-state index in [1.807, 2.05) is 12.1 Å². The lowest BCUT2D eigenvalue weighted by atomic mass is 10.1. The third-order valence-corrected chi connectivity index (χ3v) is 3.60. The van der Waals surface area contributed by atoms with Gasteiger partial charge in [0.05, 0.1) is 12.8 Å². The molecule has 1 aromatic carbocycles. The molecule has 1 aliphatic rings. The minimum Gasteiger partial charge on any atom is -0.495 e. The van der Waals surface area contributed by atoms with Gasteiger partial charge in [-0.05, 0) is 30.5 Å². The minimum absolute atomic E-state index is 0.0831. The van der Waals surface area contributed by atoms with Gasteiger partial charge in [-0.3, -0.25) is 14.4 Å². The highest BCUT2D eigenvalue weighted by Crippen LogP contribution is 2.25. The maximum absolute atomic E-state index is 11.9. The predicted molar refractivity (Wildman–Crippen MR) is 85.2 cm³/mol. The molecule has 0 aliphatic carbocycles. The van der Waals surface area contributed by atoms with Crippen molar-refractivity contribution in [3.05, 3.63) is 23.8 Å². The predicted octanol–water partition coefficient (Wildman–Crippen LogP) is 0.591. The lowest BCUT2D eigenvalue weighted by molar-refractivity contribution is -0.125. The molecule has 2 rings (SSSR count). The summed E-state index contributed by atoms with van der Waals surface area (Å²) >= 11 is 0. The lowest BCUT2D eigenvalue weighted by Crippen LogP contribution is -2.42. The molecule has 23 heavy (non-hydrogen) atoms. The number of rotatable bonds is 6. The first-order valence-corrected chi connectivity index (χ1v) is 7.51. The Balaban J connectivity index is 1.89. The second-order valence-electron chi connectivity index (χ2n) is 5.42. The van der Waals surface area contributed by atoms with Crippen LogP contribution in [0.2, 0.25) is 0 Å². The van der Waals surface area contributed by atoms with Gasteiger partial charge in [0.1, 0.15) is 11.8 Å². The van der Waals surface area contributed by atoms with Gasteiger partial charge < -0.3 is 20.7 Å². The number of carbonyl (C=O) groups is 3. The molecule has 0 saturated carbocycles. The van der Waals surface area contributed by atoms with Crippen molar-refractivity contribution in [1.82, 2.24) is 10.6 Å². The van der Waals surface area contributed by atoms with Crippen LogP contribution in [0.25, 0.3) is 0 Å². The van der Waals surface area contributed by atoms with Crippen LogP contribution in [0.1, 0.15) is 25.3 Å². The zero-order valence-electron chi connectivity index (χ0n) is 13.3. The van der Waals surface area contributed by atoms with E-state index in [0.29, 0.717) is 37.2 Å². The first-order chi connectivity index (χ1) is 11.0. The van der Waals surface area contributed by atoms with E-state index in [4.69, 9.17) is 4.74 Å². The van der Waals surface area contributed by atoms with Crippen molar-refractivity contribution in [2.45, 2.75) is 32.2 Å². The smallest absolute Gasteiger partial charge is 0.242 e. The Kier molecular flexibility index (Phi) is 5.56. The van der Waals surface area contributed by atoms with Crippen molar-refractivity contribution in [3.63, 3.8) is 0 Å². The summed E-state index contributed by atoms with van der Waals surface area (Å²) in [5, 5.41) is 8.16. The van der Waals surface area contributed by atoms with Gasteiger partial charge in [0, 0.05) is 19.9 Å². The lowest BCUT2D eigenvalue weighted by Gasteiger charge is -2.13. The molecule has 1 heterocycles. The average Bonchev–Trinajstić information content (AvgIpc) is 2.93. The number of ether oxygens (including phenoxy) is 1. The van der Waals surface area contributed by atoms with E-state index in [-0.39, 0.29) is 17.7 Å². The summed E-state index contributed by atoms with van der Waals surface area (Å²) in [7, 11) is 1.54. The van der Waals surface area contributed by atoms with Gasteiger partial charge in [0.15, 0.2) is 0 Å². The highest BCUT2D eigenvalue weighted by atomic mass is 16.5. The normalized spacial score (nSPS) is 16.6. The molecular weight excluding hydrogens is 298 g/mol. The van der Waals surface area contributed by atoms with E-state index < -0.39 is 6.04 Å². The molecule has 3 N–H and O–H groups in total. The van der Waals surface area contributed by atoms with E-state index in [2.05, 4.69) is 16.0 Å². The summed E-state index contributed by atoms with van der Waals surface area (Å²) in [5.41, 5.74) is 1.57. The summed E-state index contributed by atoms with van der Waals surface area (Å²) in [6, 6.07) is 5.06. The molecule has 3 amide bonds. The van der Waals surface area contributed by atoms with Crippen molar-refractivity contribution in [3.8, 4) is 5.75 Å². The summed E-state index contributed by atoms with van der Waals surface area (Å²) in [6.45, 7) is 1.89. The molecule has 0 spiro atoms. The van der Waals surface area contributed by atoms with Gasteiger partial charge in [0.2, 0.25) is 17.7 Å². The Labute approximate surface area is 134 Å². The number of amides is 3. The van der Waals surface area contributed by atoms with Gasteiger partial charge in [-0.1, -0.05) is 6.07 Å². The van der Waals surface area contributed by atoms with E-state index >= 15 is 0 Å². The third kappa shape index (κ3) is 4.70. The van der Waals surface area contributed by atoms with E-state index in [1.165, 1.54) is 14.0 Å². The Hall–Kier alpha value is -2.57. The zero-order chi connectivity index (χ0) is 16.8. The third-order valence-electron chi connectivity index (χ3n) is 3.60. The van der Waals surface area contributed by atoms with E-state index in [1.54, 1.807) is 6.07 Å². The number of hydrogen-bond acceptors (Lipinski definition) is 4. The Morgan fingerprint density at radius 3 is 2.78 bits per heavy atom. The van der Waals surface area contributed by atoms with Crippen LogP contribution in [0.3, 0.4) is 0 Å². The van der Waals surface area contributed by atoms with Crippen LogP contribution in [0, 0.1) is 0 Å². The summed E-state index contributed by atoms with van der Waals surface area (Å²) in [5.74, 6) is 0.166. The molecule has 124 valence electrons. The average molecular weight is 319 g/mol. The van der Waals surface area contributed by atoms with Gasteiger partial charge in [-0.25, -0.2) is 0 Å². The quantitative estimate of drug-likeness (QED) is 0.715. The molecule has 1 saturated heterocycles. The van der Waals surface area contributed by atoms with Crippen LogP contribution >= 0.6 is 0 Å². The molecular formula is C16H21N3O4. The monoisotopic (exact) mass is 319 g/mol. The molecule has 7 heteroatoms. The molecule has 0 aromatic heterocycles. The summed E-state index contributed by atoms with van der Waals surface area (Å²) in [4.78, 5) is 34.2. The van der Waals surface area contributed by atoms with Crippen LogP contribution in [0.4, 0.5) is 5.69 Å². The fraction of sp³-hybridized carbons (Fsp3) is 0.438. The standard InChI is InChI=1S/C16H21N3O4/c1-10(20)18-13-9-11(3-5-14(13)23-2)7-8-17-16(22)12-4-6-15(21)19-12/h3,5,9,12H,4,6-8H2,1-2H3,(H,17,22)(H,18,20)(H,19,21). The first-order valence-electron chi connectivity index (χ1n) is 7.51. The number of methoxy groups -OCH3 is 1. The van der Waals surface area contributed by atoms with E-state index in [9.17, 15) is 14.4 Å². The molecule has 0 bridgehead atoms. The van der Waals surface area contributed by atoms with Gasteiger partial charge in [-0.15, -0.1) is 0 Å². The molecule has 1 unspecified atom stereocenters. The van der Waals surface area contributed by atoms with Crippen LogP contribution in [-0.2, 0) is 20.8 Å². The Morgan fingerprint density at radius 1 is 1.39 bits per heavy atom. The van der Waals surface area contributed by atoms with Crippen LogP contribution in [0.5, 0.6) is 5.75 Å². The number of nitrogens with one attached hydrogen (secondary N) is 3. The molecule has 1 aliphatic heterocycles. The van der Waals surface area contributed by atoms with Crippen LogP contribution in [-0.4, -0.2) is 37.4 Å². The van der Waals surface area contributed by atoms with Crippen molar-refractivity contribution in [1.29, 1.82) is 0 Å². The fourth-order valence-electron chi connectivity index (χ4n) is 2.46. The number of carbonyl (C=O) groups excluding carboxylic acids is 3. The molecule has 1 atom stereocenters. The number of benzene rings is 1.